The van der Waals surface area contributed by atoms with Crippen molar-refractivity contribution in [1.82, 2.24) is 9.97 Å². The summed E-state index contributed by atoms with van der Waals surface area (Å²) in [6, 6.07) is 7.80. The quantitative estimate of drug-likeness (QED) is 0.553. The van der Waals surface area contributed by atoms with Gasteiger partial charge in [0.1, 0.15) is 5.82 Å². The summed E-state index contributed by atoms with van der Waals surface area (Å²) in [5, 5.41) is 0.951. The molecule has 3 N–H and O–H groups in total. The Morgan fingerprint density at radius 2 is 2.07 bits per heavy atom. The van der Waals surface area contributed by atoms with Gasteiger partial charge in [-0.25, -0.2) is 15.8 Å². The smallest absolute Gasteiger partial charge is 0.151 e. The van der Waals surface area contributed by atoms with Gasteiger partial charge in [-0.2, -0.15) is 0 Å². The molecule has 0 aliphatic heterocycles. The van der Waals surface area contributed by atoms with Crippen LogP contribution in [0.25, 0.3) is 10.9 Å². The summed E-state index contributed by atoms with van der Waals surface area (Å²) in [7, 11) is 0. The average molecular weight is 188 g/mol. The van der Waals surface area contributed by atoms with E-state index in [2.05, 4.69) is 15.4 Å². The molecule has 4 nitrogen and oxygen atoms in total. The first-order valence-corrected chi connectivity index (χ1v) is 4.57. The molecule has 0 fully saturated rings. The third-order valence-corrected chi connectivity index (χ3v) is 2.10. The first-order valence-electron chi connectivity index (χ1n) is 4.57. The lowest BCUT2D eigenvalue weighted by Crippen LogP contribution is -2.10. The van der Waals surface area contributed by atoms with Gasteiger partial charge in [0, 0.05) is 11.8 Å². The molecule has 0 unspecified atom stereocenters. The largest absolute Gasteiger partial charge is 0.308 e. The van der Waals surface area contributed by atoms with Crippen LogP contribution in [-0.4, -0.2) is 9.97 Å². The molecule has 0 aliphatic rings. The number of benzene rings is 1. The minimum absolute atomic E-state index is 0.687. The summed E-state index contributed by atoms with van der Waals surface area (Å²) in [5.41, 5.74) is 3.52. The zero-order valence-corrected chi connectivity index (χ0v) is 7.99. The van der Waals surface area contributed by atoms with E-state index in [0.717, 1.165) is 23.1 Å². The minimum Gasteiger partial charge on any atom is -0.308 e. The normalized spacial score (nSPS) is 10.4. The Bertz CT molecular complexity index is 453. The van der Waals surface area contributed by atoms with Crippen molar-refractivity contribution in [3.05, 3.63) is 30.1 Å². The Kier molecular flexibility index (Phi) is 2.28. The number of nitrogens with two attached hydrogens (primary N) is 1. The van der Waals surface area contributed by atoms with Crippen LogP contribution in [0.2, 0.25) is 0 Å². The van der Waals surface area contributed by atoms with E-state index in [9.17, 15) is 0 Å². The first kappa shape index (κ1) is 8.90. The number of hydrazine groups is 1. The van der Waals surface area contributed by atoms with Gasteiger partial charge in [0.15, 0.2) is 5.82 Å². The van der Waals surface area contributed by atoms with Gasteiger partial charge in [-0.1, -0.05) is 19.1 Å². The van der Waals surface area contributed by atoms with Gasteiger partial charge in [-0.15, -0.1) is 0 Å². The molecule has 0 radical (unpaired) electrons. The molecule has 0 saturated heterocycles. The summed E-state index contributed by atoms with van der Waals surface area (Å²) >= 11 is 0. The second-order valence-electron chi connectivity index (χ2n) is 3.00. The van der Waals surface area contributed by atoms with E-state index in [1.54, 1.807) is 0 Å². The Hall–Kier alpha value is -1.68. The topological polar surface area (TPSA) is 63.8 Å². The van der Waals surface area contributed by atoms with Crippen LogP contribution in [0, 0.1) is 0 Å². The maximum absolute atomic E-state index is 5.40. The highest BCUT2D eigenvalue weighted by atomic mass is 15.3. The number of rotatable bonds is 2. The van der Waals surface area contributed by atoms with Crippen molar-refractivity contribution in [3.8, 4) is 0 Å². The molecule has 0 atom stereocenters. The van der Waals surface area contributed by atoms with Crippen LogP contribution in [0.15, 0.2) is 24.3 Å². The van der Waals surface area contributed by atoms with Crippen LogP contribution < -0.4 is 11.3 Å². The van der Waals surface area contributed by atoms with Gasteiger partial charge >= 0.3 is 0 Å². The highest BCUT2D eigenvalue weighted by Crippen LogP contribution is 2.18. The number of fused-ring (bicyclic) bond motifs is 1. The second-order valence-corrected chi connectivity index (χ2v) is 3.00. The van der Waals surface area contributed by atoms with Crippen molar-refractivity contribution < 1.29 is 0 Å². The number of para-hydroxylation sites is 1. The Morgan fingerprint density at radius 3 is 2.79 bits per heavy atom. The van der Waals surface area contributed by atoms with E-state index >= 15 is 0 Å². The van der Waals surface area contributed by atoms with E-state index < -0.39 is 0 Å². The monoisotopic (exact) mass is 188 g/mol. The number of aromatic nitrogens is 2. The summed E-state index contributed by atoms with van der Waals surface area (Å²) in [5.74, 6) is 6.89. The van der Waals surface area contributed by atoms with Crippen LogP contribution >= 0.6 is 0 Å². The molecule has 2 aromatic rings. The molecule has 1 aromatic heterocycles. The zero-order chi connectivity index (χ0) is 9.97. The maximum atomic E-state index is 5.40. The number of nitrogens with one attached hydrogen (secondary N) is 1. The number of nitrogens with zero attached hydrogens (tertiary/aromatic N) is 2. The van der Waals surface area contributed by atoms with Crippen LogP contribution in [0.4, 0.5) is 5.82 Å². The van der Waals surface area contributed by atoms with E-state index in [-0.39, 0.29) is 0 Å². The van der Waals surface area contributed by atoms with E-state index in [4.69, 9.17) is 5.84 Å². The van der Waals surface area contributed by atoms with Gasteiger partial charge < -0.3 is 5.43 Å². The number of anilines is 1. The summed E-state index contributed by atoms with van der Waals surface area (Å²) in [6.45, 7) is 2.02. The first-order chi connectivity index (χ1) is 6.85. The van der Waals surface area contributed by atoms with E-state index in [0.29, 0.717) is 5.82 Å². The number of hydrogen-bond donors (Lipinski definition) is 2. The zero-order valence-electron chi connectivity index (χ0n) is 7.99. The lowest BCUT2D eigenvalue weighted by molar-refractivity contribution is 0.959. The third kappa shape index (κ3) is 1.40. The highest BCUT2D eigenvalue weighted by Gasteiger charge is 2.03. The Labute approximate surface area is 82.1 Å². The third-order valence-electron chi connectivity index (χ3n) is 2.10. The van der Waals surface area contributed by atoms with Crippen molar-refractivity contribution in [2.75, 3.05) is 5.43 Å². The molecular formula is C10H12N4. The summed E-state index contributed by atoms with van der Waals surface area (Å²) in [6.07, 6.45) is 0.805. The SMILES string of the molecule is CCc1nc(NN)c2ccccc2n1. The summed E-state index contributed by atoms with van der Waals surface area (Å²) in [4.78, 5) is 8.69. The predicted molar refractivity (Wildman–Crippen MR) is 56.7 cm³/mol. The molecule has 4 heteroatoms. The number of hydrogen-bond acceptors (Lipinski definition) is 4. The van der Waals surface area contributed by atoms with Crippen molar-refractivity contribution in [2.45, 2.75) is 13.3 Å². The molecule has 0 amide bonds. The number of nitrogen functional groups attached to an aromatic ring is 1. The molecule has 2 rings (SSSR count). The Morgan fingerprint density at radius 1 is 1.29 bits per heavy atom. The van der Waals surface area contributed by atoms with Crippen LogP contribution in [0.1, 0.15) is 12.7 Å². The minimum atomic E-state index is 0.687. The molecule has 0 saturated carbocycles. The summed E-state index contributed by atoms with van der Waals surface area (Å²) < 4.78 is 0. The highest BCUT2D eigenvalue weighted by molar-refractivity contribution is 5.88. The van der Waals surface area contributed by atoms with Gasteiger partial charge in [-0.05, 0) is 12.1 Å². The van der Waals surface area contributed by atoms with E-state index in [1.807, 2.05) is 31.2 Å². The van der Waals surface area contributed by atoms with Crippen LogP contribution in [0.3, 0.4) is 0 Å². The average Bonchev–Trinajstić information content (AvgIpc) is 2.27. The molecule has 72 valence electrons. The van der Waals surface area contributed by atoms with Crippen LogP contribution in [0.5, 0.6) is 0 Å². The molecule has 14 heavy (non-hydrogen) atoms. The fourth-order valence-corrected chi connectivity index (χ4v) is 1.39. The second kappa shape index (κ2) is 3.59. The molecule has 1 heterocycles. The van der Waals surface area contributed by atoms with Gasteiger partial charge in [0.25, 0.3) is 0 Å². The maximum Gasteiger partial charge on any atom is 0.151 e. The Balaban J connectivity index is 2.73. The molecule has 0 bridgehead atoms. The van der Waals surface area contributed by atoms with E-state index in [1.165, 1.54) is 0 Å². The fourth-order valence-electron chi connectivity index (χ4n) is 1.39. The molecular weight excluding hydrogens is 176 g/mol. The lowest BCUT2D eigenvalue weighted by Gasteiger charge is -2.05. The molecule has 0 aliphatic carbocycles. The fraction of sp³-hybridized carbons (Fsp3) is 0.200. The van der Waals surface area contributed by atoms with Crippen molar-refractivity contribution >= 4 is 16.7 Å². The predicted octanol–water partition coefficient (Wildman–Crippen LogP) is 1.48. The standard InChI is InChI=1S/C10H12N4/c1-2-9-12-8-6-4-3-5-7(8)10(13-9)14-11/h3-6H,2,11H2,1H3,(H,12,13,14). The van der Waals surface area contributed by atoms with Crippen LogP contribution in [-0.2, 0) is 6.42 Å². The van der Waals surface area contributed by atoms with Crippen molar-refractivity contribution in [3.63, 3.8) is 0 Å². The lowest BCUT2D eigenvalue weighted by atomic mass is 10.2. The molecule has 0 spiro atoms. The van der Waals surface area contributed by atoms with Crippen molar-refractivity contribution in [2.24, 2.45) is 5.84 Å². The van der Waals surface area contributed by atoms with Crippen molar-refractivity contribution in [1.29, 1.82) is 0 Å². The number of aryl methyl sites for hydroxylation is 1. The molecule has 1 aromatic carbocycles. The van der Waals surface area contributed by atoms with Gasteiger partial charge in [-0.3, -0.25) is 0 Å². The van der Waals surface area contributed by atoms with Gasteiger partial charge in [0.2, 0.25) is 0 Å². The van der Waals surface area contributed by atoms with Gasteiger partial charge in [0.05, 0.1) is 5.52 Å².